The van der Waals surface area contributed by atoms with Crippen LogP contribution in [-0.4, -0.2) is 71.7 Å². The van der Waals surface area contributed by atoms with Gasteiger partial charge in [0.15, 0.2) is 6.29 Å². The molecule has 0 aromatic carbocycles. The molecule has 1 heterocycles. The summed E-state index contributed by atoms with van der Waals surface area (Å²) in [6.07, 6.45) is 2.87. The predicted molar refractivity (Wildman–Crippen MR) is 97.3 cm³/mol. The molecule has 0 amide bonds. The third-order valence-corrected chi connectivity index (χ3v) is 6.46. The van der Waals surface area contributed by atoms with Gasteiger partial charge in [-0.2, -0.15) is 0 Å². The van der Waals surface area contributed by atoms with Gasteiger partial charge in [-0.1, -0.05) is 26.3 Å². The minimum absolute atomic E-state index is 0.0371. The lowest BCUT2D eigenvalue weighted by Gasteiger charge is -2.39. The molecule has 5 heteroatoms. The molecule has 22 heavy (non-hydrogen) atoms. The van der Waals surface area contributed by atoms with Gasteiger partial charge in [-0.15, -0.1) is 0 Å². The Labute approximate surface area is 140 Å². The molecule has 1 fully saturated rings. The zero-order valence-electron chi connectivity index (χ0n) is 15.4. The number of hydrogen-bond donors (Lipinski definition) is 0. The van der Waals surface area contributed by atoms with Gasteiger partial charge in [-0.05, 0) is 45.3 Å². The smallest absolute Gasteiger partial charge is 0.154 e. The van der Waals surface area contributed by atoms with Gasteiger partial charge in [-0.3, -0.25) is 9.80 Å². The summed E-state index contributed by atoms with van der Waals surface area (Å²) in [5.74, 6) is 0.872. The summed E-state index contributed by atoms with van der Waals surface area (Å²) in [5.41, 5.74) is 0. The summed E-state index contributed by atoms with van der Waals surface area (Å²) in [5, 5.41) is 0. The van der Waals surface area contributed by atoms with Crippen LogP contribution in [0.1, 0.15) is 40.5 Å². The molecule has 4 nitrogen and oxygen atoms in total. The Morgan fingerprint density at radius 3 is 2.09 bits per heavy atom. The van der Waals surface area contributed by atoms with Crippen molar-refractivity contribution in [1.82, 2.24) is 9.80 Å². The summed E-state index contributed by atoms with van der Waals surface area (Å²) in [6.45, 7) is 16.3. The predicted octanol–water partition coefficient (Wildman–Crippen LogP) is 2.40. The highest BCUT2D eigenvalue weighted by molar-refractivity contribution is 6.35. The molecule has 1 aliphatic rings. The van der Waals surface area contributed by atoms with E-state index in [0.717, 1.165) is 19.1 Å². The first-order valence-electron chi connectivity index (χ1n) is 9.41. The summed E-state index contributed by atoms with van der Waals surface area (Å²) in [4.78, 5) is 5.19. The lowest BCUT2D eigenvalue weighted by molar-refractivity contribution is -0.123. The number of ether oxygens (including phenoxy) is 2. The fourth-order valence-corrected chi connectivity index (χ4v) is 4.93. The van der Waals surface area contributed by atoms with Crippen LogP contribution in [0.25, 0.3) is 0 Å². The molecule has 0 saturated carbocycles. The molecular formula is C17H38N2O2Si. The van der Waals surface area contributed by atoms with Gasteiger partial charge in [0.2, 0.25) is 0 Å². The van der Waals surface area contributed by atoms with Crippen LogP contribution in [0.3, 0.4) is 0 Å². The van der Waals surface area contributed by atoms with Crippen LogP contribution in [-0.2, 0) is 9.47 Å². The summed E-state index contributed by atoms with van der Waals surface area (Å²) in [6, 6.07) is 2.61. The zero-order valence-corrected chi connectivity index (χ0v) is 16.8. The molecule has 132 valence electrons. The Hall–Kier alpha value is 0.0569. The van der Waals surface area contributed by atoms with Gasteiger partial charge in [-0.25, -0.2) is 0 Å². The van der Waals surface area contributed by atoms with E-state index >= 15 is 0 Å². The van der Waals surface area contributed by atoms with Crippen molar-refractivity contribution in [1.29, 1.82) is 0 Å². The maximum absolute atomic E-state index is 5.64. The van der Waals surface area contributed by atoms with Crippen molar-refractivity contribution in [2.75, 3.05) is 46.1 Å². The molecule has 0 bridgehead atoms. The van der Waals surface area contributed by atoms with Crippen LogP contribution in [0.2, 0.25) is 12.1 Å². The van der Waals surface area contributed by atoms with E-state index in [4.69, 9.17) is 9.47 Å². The van der Waals surface area contributed by atoms with Crippen LogP contribution in [0.15, 0.2) is 0 Å². The second-order valence-electron chi connectivity index (χ2n) is 6.32. The maximum Gasteiger partial charge on any atom is 0.154 e. The first-order chi connectivity index (χ1) is 10.7. The Bertz CT molecular complexity index is 251. The van der Waals surface area contributed by atoms with Gasteiger partial charge in [0.25, 0.3) is 0 Å². The highest BCUT2D eigenvalue weighted by Gasteiger charge is 2.22. The van der Waals surface area contributed by atoms with Crippen molar-refractivity contribution in [3.63, 3.8) is 0 Å². The van der Waals surface area contributed by atoms with E-state index in [0.29, 0.717) is 0 Å². The average Bonchev–Trinajstić information content (AvgIpc) is 2.54. The second-order valence-corrected chi connectivity index (χ2v) is 8.32. The third-order valence-electron chi connectivity index (χ3n) is 4.58. The highest BCUT2D eigenvalue weighted by atomic mass is 28.2. The lowest BCUT2D eigenvalue weighted by atomic mass is 10.0. The van der Waals surface area contributed by atoms with Crippen molar-refractivity contribution in [3.05, 3.63) is 0 Å². The number of hydrogen-bond acceptors (Lipinski definition) is 4. The summed E-state index contributed by atoms with van der Waals surface area (Å²) >= 11 is 0. The first kappa shape index (κ1) is 20.1. The first-order valence-corrected chi connectivity index (χ1v) is 11.4. The average molecular weight is 331 g/mol. The van der Waals surface area contributed by atoms with Crippen molar-refractivity contribution in [3.8, 4) is 0 Å². The van der Waals surface area contributed by atoms with Gasteiger partial charge >= 0.3 is 0 Å². The fourth-order valence-electron chi connectivity index (χ4n) is 3.33. The van der Waals surface area contributed by atoms with Crippen LogP contribution in [0, 0.1) is 5.92 Å². The molecule has 1 rings (SSSR count). The van der Waals surface area contributed by atoms with Crippen molar-refractivity contribution in [2.45, 2.75) is 58.9 Å². The van der Waals surface area contributed by atoms with E-state index in [1.165, 1.54) is 57.8 Å². The molecule has 0 aromatic heterocycles. The molecular weight excluding hydrogens is 292 g/mol. The Morgan fingerprint density at radius 1 is 1.00 bits per heavy atom. The monoisotopic (exact) mass is 330 g/mol. The van der Waals surface area contributed by atoms with E-state index in [9.17, 15) is 0 Å². The topological polar surface area (TPSA) is 24.9 Å². The van der Waals surface area contributed by atoms with Crippen LogP contribution in [0.4, 0.5) is 0 Å². The Balaban J connectivity index is 2.14. The Morgan fingerprint density at radius 2 is 1.59 bits per heavy atom. The molecule has 0 aliphatic carbocycles. The lowest BCUT2D eigenvalue weighted by Crippen LogP contribution is -2.49. The quantitative estimate of drug-likeness (QED) is 0.312. The van der Waals surface area contributed by atoms with Crippen molar-refractivity contribution >= 4 is 9.52 Å². The molecule has 1 saturated heterocycles. The maximum atomic E-state index is 5.64. The van der Waals surface area contributed by atoms with Gasteiger partial charge in [0, 0.05) is 35.8 Å². The number of rotatable bonds is 12. The minimum atomic E-state index is -0.0371. The fraction of sp³-hybridized carbons (Fsp3) is 1.00. The molecule has 0 N–H and O–H groups in total. The summed E-state index contributed by atoms with van der Waals surface area (Å²) < 4.78 is 11.3. The Kier molecular flexibility index (Phi) is 11.4. The molecule has 1 aliphatic heterocycles. The van der Waals surface area contributed by atoms with Crippen LogP contribution >= 0.6 is 0 Å². The third kappa shape index (κ3) is 8.06. The van der Waals surface area contributed by atoms with Gasteiger partial charge in [0.1, 0.15) is 0 Å². The highest BCUT2D eigenvalue weighted by Crippen LogP contribution is 2.18. The molecule has 0 spiro atoms. The summed E-state index contributed by atoms with van der Waals surface area (Å²) in [7, 11) is -0.0371. The molecule has 0 atom stereocenters. The van der Waals surface area contributed by atoms with Crippen LogP contribution in [0.5, 0.6) is 0 Å². The van der Waals surface area contributed by atoms with Crippen LogP contribution < -0.4 is 0 Å². The van der Waals surface area contributed by atoms with Gasteiger partial charge < -0.3 is 9.47 Å². The SMILES string of the molecule is CCOC(C[SiH2]CCCC1CN(CC)CN(CC)C1)OCC. The standard InChI is InChI=1S/C17H38N2O2Si/c1-5-18-12-16(13-19(6-2)15-18)10-9-11-22-14-17(20-7-3)21-8-4/h16-17H,5-15,22H2,1-4H3. The number of nitrogens with zero attached hydrogens (tertiary/aromatic N) is 2. The molecule has 0 radical (unpaired) electrons. The van der Waals surface area contributed by atoms with E-state index in [2.05, 4.69) is 37.5 Å². The van der Waals surface area contributed by atoms with Crippen molar-refractivity contribution < 1.29 is 9.47 Å². The van der Waals surface area contributed by atoms with E-state index in [-0.39, 0.29) is 15.8 Å². The van der Waals surface area contributed by atoms with E-state index < -0.39 is 0 Å². The van der Waals surface area contributed by atoms with Gasteiger partial charge in [0.05, 0.1) is 6.67 Å². The zero-order chi connectivity index (χ0) is 16.2. The normalized spacial score (nSPS) is 19.0. The molecule has 0 aromatic rings. The largest absolute Gasteiger partial charge is 0.353 e. The second kappa shape index (κ2) is 12.5. The van der Waals surface area contributed by atoms with E-state index in [1.807, 2.05) is 0 Å². The minimum Gasteiger partial charge on any atom is -0.353 e. The molecule has 0 unspecified atom stereocenters. The van der Waals surface area contributed by atoms with Crippen molar-refractivity contribution in [2.24, 2.45) is 5.92 Å². The van der Waals surface area contributed by atoms with E-state index in [1.54, 1.807) is 0 Å².